The number of anilines is 1. The molecule has 6 nitrogen and oxygen atoms in total. The number of carbonyl (C=O) groups excluding carboxylic acids is 1. The summed E-state index contributed by atoms with van der Waals surface area (Å²) in [5.74, 6) is -0.594. The molecule has 4 aromatic rings. The Morgan fingerprint density at radius 2 is 1.65 bits per heavy atom. The highest BCUT2D eigenvalue weighted by Crippen LogP contribution is 2.23. The molecule has 0 saturated heterocycles. The van der Waals surface area contributed by atoms with Crippen LogP contribution in [0.25, 0.3) is 16.6 Å². The van der Waals surface area contributed by atoms with Crippen LogP contribution in [0.15, 0.2) is 82.7 Å². The first-order valence-corrected chi connectivity index (χ1v) is 11.7. The maximum atomic E-state index is 14.6. The second-order valence-corrected chi connectivity index (χ2v) is 9.05. The average molecular weight is 477 g/mol. The van der Waals surface area contributed by atoms with E-state index in [0.717, 1.165) is 23.0 Å². The van der Waals surface area contributed by atoms with Crippen LogP contribution in [0.4, 0.5) is 10.1 Å². The van der Waals surface area contributed by atoms with E-state index in [0.29, 0.717) is 17.4 Å². The van der Waals surface area contributed by atoms with Crippen LogP contribution in [0.1, 0.15) is 5.56 Å². The molecule has 0 radical (unpaired) electrons. The number of rotatable bonds is 7. The van der Waals surface area contributed by atoms with E-state index in [1.807, 2.05) is 43.3 Å². The Morgan fingerprint density at radius 3 is 2.35 bits per heavy atom. The third-order valence-electron chi connectivity index (χ3n) is 5.46. The van der Waals surface area contributed by atoms with Gasteiger partial charge < -0.3 is 9.80 Å². The van der Waals surface area contributed by atoms with Gasteiger partial charge in [0, 0.05) is 33.4 Å². The van der Waals surface area contributed by atoms with Gasteiger partial charge in [-0.3, -0.25) is 14.2 Å². The number of amides is 1. The summed E-state index contributed by atoms with van der Waals surface area (Å²) in [6.07, 6.45) is 0. The van der Waals surface area contributed by atoms with Crippen molar-refractivity contribution in [3.63, 3.8) is 0 Å². The topological polar surface area (TPSA) is 58.4 Å². The van der Waals surface area contributed by atoms with E-state index >= 15 is 0 Å². The van der Waals surface area contributed by atoms with Gasteiger partial charge in [0.25, 0.3) is 5.56 Å². The van der Waals surface area contributed by atoms with Crippen molar-refractivity contribution >= 4 is 34.3 Å². The van der Waals surface area contributed by atoms with Crippen molar-refractivity contribution in [3.05, 3.63) is 94.5 Å². The summed E-state index contributed by atoms with van der Waals surface area (Å²) in [6.45, 7) is 0.457. The van der Waals surface area contributed by atoms with Crippen LogP contribution in [-0.4, -0.2) is 47.3 Å². The predicted octanol–water partition coefficient (Wildman–Crippen LogP) is 4.34. The minimum absolute atomic E-state index is 0.0610. The second-order valence-electron chi connectivity index (χ2n) is 8.10. The van der Waals surface area contributed by atoms with Gasteiger partial charge in [-0.05, 0) is 42.0 Å². The highest BCUT2D eigenvalue weighted by atomic mass is 32.2. The molecule has 0 aliphatic rings. The lowest BCUT2D eigenvalue weighted by molar-refractivity contribution is -0.127. The monoisotopic (exact) mass is 476 g/mol. The molecular weight excluding hydrogens is 451 g/mol. The van der Waals surface area contributed by atoms with Crippen LogP contribution in [-0.2, 0) is 11.3 Å². The zero-order valence-corrected chi connectivity index (χ0v) is 20.1. The Bertz CT molecular complexity index is 1390. The van der Waals surface area contributed by atoms with Gasteiger partial charge in [0.15, 0.2) is 5.16 Å². The van der Waals surface area contributed by atoms with E-state index < -0.39 is 5.82 Å². The van der Waals surface area contributed by atoms with Crippen molar-refractivity contribution in [1.29, 1.82) is 0 Å². The Balaban J connectivity index is 1.58. The summed E-state index contributed by atoms with van der Waals surface area (Å²) in [5, 5.41) is 0.658. The molecule has 0 N–H and O–H groups in total. The zero-order valence-electron chi connectivity index (χ0n) is 19.2. The van der Waals surface area contributed by atoms with Gasteiger partial charge in [0.05, 0.1) is 22.3 Å². The van der Waals surface area contributed by atoms with E-state index in [9.17, 15) is 14.0 Å². The van der Waals surface area contributed by atoms with Crippen LogP contribution in [0.5, 0.6) is 0 Å². The molecule has 0 saturated carbocycles. The van der Waals surface area contributed by atoms with Crippen molar-refractivity contribution in [2.24, 2.45) is 0 Å². The number of hydrogen-bond donors (Lipinski definition) is 0. The van der Waals surface area contributed by atoms with Crippen molar-refractivity contribution < 1.29 is 9.18 Å². The Morgan fingerprint density at radius 1 is 0.971 bits per heavy atom. The van der Waals surface area contributed by atoms with Gasteiger partial charge in [-0.15, -0.1) is 0 Å². The minimum Gasteiger partial charge on any atom is -0.378 e. The van der Waals surface area contributed by atoms with Crippen molar-refractivity contribution in [3.8, 4) is 5.69 Å². The molecule has 0 aliphatic carbocycles. The molecule has 3 aromatic carbocycles. The Labute approximate surface area is 201 Å². The summed E-state index contributed by atoms with van der Waals surface area (Å²) in [5.41, 5.74) is 2.33. The van der Waals surface area contributed by atoms with Crippen molar-refractivity contribution in [2.45, 2.75) is 11.7 Å². The molecular formula is C26H25FN4O2S. The standard InChI is InChI=1S/C26H25FN4O2S/c1-29(2)19-14-12-18(13-15-19)16-30(3)24(32)17-34-26-28-22-10-6-4-8-20(22)25(33)31(26)23-11-7-5-9-21(23)27/h4-15H,16-17H2,1-3H3. The molecule has 0 spiro atoms. The number of aromatic nitrogens is 2. The Hall–Kier alpha value is -3.65. The molecule has 0 bridgehead atoms. The van der Waals surface area contributed by atoms with Crippen LogP contribution >= 0.6 is 11.8 Å². The lowest BCUT2D eigenvalue weighted by Gasteiger charge is -2.19. The lowest BCUT2D eigenvalue weighted by atomic mass is 10.2. The zero-order chi connectivity index (χ0) is 24.2. The second kappa shape index (κ2) is 10.1. The average Bonchev–Trinajstić information content (AvgIpc) is 2.83. The van der Waals surface area contributed by atoms with Gasteiger partial charge in [0.2, 0.25) is 5.91 Å². The number of carbonyl (C=O) groups is 1. The van der Waals surface area contributed by atoms with Crippen LogP contribution in [0, 0.1) is 5.82 Å². The number of fused-ring (bicyclic) bond motifs is 1. The summed E-state index contributed by atoms with van der Waals surface area (Å²) in [6, 6.07) is 21.0. The maximum Gasteiger partial charge on any atom is 0.266 e. The largest absolute Gasteiger partial charge is 0.378 e. The van der Waals surface area contributed by atoms with Gasteiger partial charge in [-0.1, -0.05) is 48.2 Å². The fraction of sp³-hybridized carbons (Fsp3) is 0.192. The number of thioether (sulfide) groups is 1. The first-order chi connectivity index (χ1) is 16.3. The first kappa shape index (κ1) is 23.5. The number of halogens is 1. The molecule has 1 amide bonds. The lowest BCUT2D eigenvalue weighted by Crippen LogP contribution is -2.28. The van der Waals surface area contributed by atoms with Gasteiger partial charge >= 0.3 is 0 Å². The Kier molecular flexibility index (Phi) is 6.98. The van der Waals surface area contributed by atoms with Crippen LogP contribution in [0.3, 0.4) is 0 Å². The molecule has 1 heterocycles. The highest BCUT2D eigenvalue weighted by molar-refractivity contribution is 7.99. The summed E-state index contributed by atoms with van der Waals surface area (Å²) in [7, 11) is 5.69. The quantitative estimate of drug-likeness (QED) is 0.293. The minimum atomic E-state index is -0.534. The smallest absolute Gasteiger partial charge is 0.266 e. The molecule has 0 fully saturated rings. The van der Waals surface area contributed by atoms with Gasteiger partial charge in [-0.2, -0.15) is 0 Å². The van der Waals surface area contributed by atoms with E-state index in [2.05, 4.69) is 4.98 Å². The van der Waals surface area contributed by atoms with Crippen molar-refractivity contribution in [1.82, 2.24) is 14.5 Å². The number of benzene rings is 3. The van der Waals surface area contributed by atoms with Crippen LogP contribution in [0.2, 0.25) is 0 Å². The molecule has 0 atom stereocenters. The number of para-hydroxylation sites is 2. The van der Waals surface area contributed by atoms with E-state index in [-0.39, 0.29) is 28.1 Å². The fourth-order valence-electron chi connectivity index (χ4n) is 3.55. The van der Waals surface area contributed by atoms with Gasteiger partial charge in [-0.25, -0.2) is 9.37 Å². The third kappa shape index (κ3) is 4.97. The molecule has 34 heavy (non-hydrogen) atoms. The summed E-state index contributed by atoms with van der Waals surface area (Å²) in [4.78, 5) is 34.3. The normalized spacial score (nSPS) is 10.9. The fourth-order valence-corrected chi connectivity index (χ4v) is 4.50. The van der Waals surface area contributed by atoms with Gasteiger partial charge in [0.1, 0.15) is 5.82 Å². The summed E-state index contributed by atoms with van der Waals surface area (Å²) >= 11 is 1.12. The molecule has 0 unspecified atom stereocenters. The molecule has 4 rings (SSSR count). The predicted molar refractivity (Wildman–Crippen MR) is 135 cm³/mol. The van der Waals surface area contributed by atoms with E-state index in [1.165, 1.54) is 16.7 Å². The molecule has 1 aromatic heterocycles. The number of hydrogen-bond acceptors (Lipinski definition) is 5. The van der Waals surface area contributed by atoms with Crippen LogP contribution < -0.4 is 10.5 Å². The molecule has 0 aliphatic heterocycles. The third-order valence-corrected chi connectivity index (χ3v) is 6.38. The molecule has 8 heteroatoms. The van der Waals surface area contributed by atoms with E-state index in [1.54, 1.807) is 48.3 Å². The highest BCUT2D eigenvalue weighted by Gasteiger charge is 2.18. The number of nitrogens with zero attached hydrogens (tertiary/aromatic N) is 4. The molecule has 174 valence electrons. The van der Waals surface area contributed by atoms with E-state index in [4.69, 9.17) is 0 Å². The first-order valence-electron chi connectivity index (χ1n) is 10.7. The SMILES string of the molecule is CN(Cc1ccc(N(C)C)cc1)C(=O)CSc1nc2ccccc2c(=O)n1-c1ccccc1F. The summed E-state index contributed by atoms with van der Waals surface area (Å²) < 4.78 is 15.9. The maximum absolute atomic E-state index is 14.6. The van der Waals surface area contributed by atoms with Crippen molar-refractivity contribution in [2.75, 3.05) is 31.8 Å².